The minimum absolute atomic E-state index is 0.0413. The molecule has 31 heavy (non-hydrogen) atoms. The molecule has 2 aromatic heterocycles. The van der Waals surface area contributed by atoms with Gasteiger partial charge in [-0.25, -0.2) is 9.07 Å². The molecular formula is C23H27FN6O. The molecule has 8 heteroatoms. The van der Waals surface area contributed by atoms with Gasteiger partial charge < -0.3 is 15.3 Å². The number of aromatic hydroxyl groups is 1. The summed E-state index contributed by atoms with van der Waals surface area (Å²) in [5.41, 5.74) is 2.08. The number of piperidine rings is 1. The van der Waals surface area contributed by atoms with E-state index in [1.165, 1.54) is 29.8 Å². The van der Waals surface area contributed by atoms with Crippen LogP contribution in [-0.4, -0.2) is 49.3 Å². The highest BCUT2D eigenvalue weighted by Crippen LogP contribution is 2.43. The molecule has 2 aliphatic rings. The average molecular weight is 423 g/mol. The van der Waals surface area contributed by atoms with E-state index >= 15 is 0 Å². The van der Waals surface area contributed by atoms with E-state index in [9.17, 15) is 9.50 Å². The van der Waals surface area contributed by atoms with Gasteiger partial charge >= 0.3 is 0 Å². The number of nitrogens with one attached hydrogen (secondary N) is 1. The van der Waals surface area contributed by atoms with Gasteiger partial charge in [-0.15, -0.1) is 10.2 Å². The summed E-state index contributed by atoms with van der Waals surface area (Å²) in [5.74, 6) is 0.434. The van der Waals surface area contributed by atoms with E-state index in [4.69, 9.17) is 0 Å². The second-order valence-corrected chi connectivity index (χ2v) is 9.50. The Morgan fingerprint density at radius 3 is 2.45 bits per heavy atom. The molecule has 162 valence electrons. The summed E-state index contributed by atoms with van der Waals surface area (Å²) in [4.78, 5) is 2.23. The summed E-state index contributed by atoms with van der Waals surface area (Å²) in [6, 6.07) is 9.27. The number of fused-ring (bicyclic) bond motifs is 2. The molecule has 0 unspecified atom stereocenters. The van der Waals surface area contributed by atoms with Crippen LogP contribution in [0.5, 0.6) is 5.75 Å². The molecule has 0 radical (unpaired) electrons. The molecule has 5 rings (SSSR count). The minimum atomic E-state index is -0.432. The van der Waals surface area contributed by atoms with E-state index in [2.05, 4.69) is 46.4 Å². The second-order valence-electron chi connectivity index (χ2n) is 9.50. The first-order valence-corrected chi connectivity index (χ1v) is 10.6. The number of halogens is 1. The number of anilines is 1. The third-order valence-electron chi connectivity index (χ3n) is 6.84. The van der Waals surface area contributed by atoms with Crippen molar-refractivity contribution in [2.45, 2.75) is 56.7 Å². The smallest absolute Gasteiger partial charge is 0.161 e. The van der Waals surface area contributed by atoms with Gasteiger partial charge in [0, 0.05) is 35.8 Å². The summed E-state index contributed by atoms with van der Waals surface area (Å²) >= 11 is 0. The molecule has 2 saturated heterocycles. The SMILES string of the molecule is CN(c1ccc(-c2ccc(-n3cc(F)cn3)cc2O)nn1)[C@H]1C[C@]2(C)CC[C@](C)(C1)N2. The third-order valence-corrected chi connectivity index (χ3v) is 6.84. The topological polar surface area (TPSA) is 79.1 Å². The molecule has 0 aliphatic carbocycles. The van der Waals surface area contributed by atoms with Crippen molar-refractivity contribution in [2.24, 2.45) is 0 Å². The maximum atomic E-state index is 13.2. The molecular weight excluding hydrogens is 395 g/mol. The molecule has 0 spiro atoms. The Hall–Kier alpha value is -3.00. The predicted octanol–water partition coefficient (Wildman–Crippen LogP) is 3.67. The molecule has 2 fully saturated rings. The number of rotatable bonds is 4. The van der Waals surface area contributed by atoms with Crippen molar-refractivity contribution in [3.8, 4) is 22.7 Å². The van der Waals surface area contributed by atoms with Crippen LogP contribution in [0.2, 0.25) is 0 Å². The fourth-order valence-corrected chi connectivity index (χ4v) is 5.26. The number of nitrogens with zero attached hydrogens (tertiary/aromatic N) is 5. The van der Waals surface area contributed by atoms with E-state index in [1.807, 2.05) is 12.1 Å². The Morgan fingerprint density at radius 2 is 1.87 bits per heavy atom. The van der Waals surface area contributed by atoms with Crippen molar-refractivity contribution in [2.75, 3.05) is 11.9 Å². The Labute approximate surface area is 180 Å². The first-order chi connectivity index (χ1) is 14.7. The molecule has 7 nitrogen and oxygen atoms in total. The standard InChI is InChI=1S/C23H27FN6O/c1-22-8-9-23(2,28-22)12-17(11-22)29(3)21-7-6-19(26-27-21)18-5-4-16(10-20(18)31)30-14-15(24)13-25-30/h4-7,10,13-14,17,28,31H,8-9,11-12H2,1-3H3/t17-,22-,23+. The molecule has 2 aliphatic heterocycles. The average Bonchev–Trinajstić information content (AvgIpc) is 3.27. The summed E-state index contributed by atoms with van der Waals surface area (Å²) in [7, 11) is 2.08. The second kappa shape index (κ2) is 7.02. The fraction of sp³-hybridized carbons (Fsp3) is 0.435. The Bertz CT molecular complexity index is 1100. The van der Waals surface area contributed by atoms with Crippen molar-refractivity contribution in [1.82, 2.24) is 25.3 Å². The van der Waals surface area contributed by atoms with Crippen LogP contribution in [0.4, 0.5) is 10.2 Å². The lowest BCUT2D eigenvalue weighted by atomic mass is 9.84. The zero-order valence-corrected chi connectivity index (χ0v) is 18.0. The van der Waals surface area contributed by atoms with Gasteiger partial charge in [0.05, 0.1) is 23.8 Å². The third kappa shape index (κ3) is 3.65. The lowest BCUT2D eigenvalue weighted by Crippen LogP contribution is -2.58. The van der Waals surface area contributed by atoms with Crippen molar-refractivity contribution in [3.63, 3.8) is 0 Å². The van der Waals surface area contributed by atoms with Crippen molar-refractivity contribution < 1.29 is 9.50 Å². The normalized spacial score (nSPS) is 27.4. The Balaban J connectivity index is 1.35. The molecule has 0 saturated carbocycles. The van der Waals surface area contributed by atoms with Gasteiger partial charge in [-0.2, -0.15) is 5.10 Å². The number of phenolic OH excluding ortho intramolecular Hbond substituents is 1. The molecule has 2 bridgehead atoms. The van der Waals surface area contributed by atoms with Gasteiger partial charge in [0.15, 0.2) is 11.6 Å². The highest BCUT2D eigenvalue weighted by molar-refractivity contribution is 5.69. The van der Waals surface area contributed by atoms with Crippen molar-refractivity contribution in [1.29, 1.82) is 0 Å². The van der Waals surface area contributed by atoms with Gasteiger partial charge in [-0.3, -0.25) is 0 Å². The van der Waals surface area contributed by atoms with Crippen molar-refractivity contribution in [3.05, 3.63) is 48.5 Å². The molecule has 1 aromatic carbocycles. The van der Waals surface area contributed by atoms with Crippen LogP contribution < -0.4 is 10.2 Å². The quantitative estimate of drug-likeness (QED) is 0.668. The van der Waals surface area contributed by atoms with Crippen LogP contribution in [-0.2, 0) is 0 Å². The highest BCUT2D eigenvalue weighted by Gasteiger charge is 2.49. The van der Waals surface area contributed by atoms with Crippen LogP contribution in [0.1, 0.15) is 39.5 Å². The highest BCUT2D eigenvalue weighted by atomic mass is 19.1. The lowest BCUT2D eigenvalue weighted by molar-refractivity contribution is 0.207. The summed E-state index contributed by atoms with van der Waals surface area (Å²) in [5, 5.41) is 27.1. The Kier molecular flexibility index (Phi) is 4.51. The van der Waals surface area contributed by atoms with E-state index in [0.717, 1.165) is 24.9 Å². The molecule has 2 N–H and O–H groups in total. The Morgan fingerprint density at radius 1 is 1.13 bits per heavy atom. The van der Waals surface area contributed by atoms with Crippen LogP contribution in [0, 0.1) is 5.82 Å². The minimum Gasteiger partial charge on any atom is -0.507 e. The van der Waals surface area contributed by atoms with E-state index in [-0.39, 0.29) is 16.8 Å². The molecule has 0 amide bonds. The van der Waals surface area contributed by atoms with E-state index < -0.39 is 5.82 Å². The van der Waals surface area contributed by atoms with E-state index in [0.29, 0.717) is 23.0 Å². The number of hydrogen-bond donors (Lipinski definition) is 2. The van der Waals surface area contributed by atoms with Crippen LogP contribution >= 0.6 is 0 Å². The predicted molar refractivity (Wildman–Crippen MR) is 117 cm³/mol. The fourth-order valence-electron chi connectivity index (χ4n) is 5.26. The molecule has 4 heterocycles. The summed E-state index contributed by atoms with van der Waals surface area (Å²) in [6.07, 6.45) is 6.96. The van der Waals surface area contributed by atoms with Crippen LogP contribution in [0.25, 0.3) is 16.9 Å². The van der Waals surface area contributed by atoms with Gasteiger partial charge in [0.25, 0.3) is 0 Å². The zero-order valence-electron chi connectivity index (χ0n) is 18.0. The number of benzene rings is 1. The lowest BCUT2D eigenvalue weighted by Gasteiger charge is -2.45. The number of hydrogen-bond acceptors (Lipinski definition) is 6. The van der Waals surface area contributed by atoms with Gasteiger partial charge in [0.1, 0.15) is 5.75 Å². The van der Waals surface area contributed by atoms with Gasteiger partial charge in [-0.1, -0.05) is 0 Å². The summed E-state index contributed by atoms with van der Waals surface area (Å²) in [6.45, 7) is 4.63. The molecule has 3 atom stereocenters. The van der Waals surface area contributed by atoms with Gasteiger partial charge in [-0.05, 0) is 63.8 Å². The molecule has 3 aromatic rings. The first kappa shape index (κ1) is 19.9. The number of aromatic nitrogens is 4. The maximum absolute atomic E-state index is 13.2. The zero-order chi connectivity index (χ0) is 21.8. The van der Waals surface area contributed by atoms with E-state index in [1.54, 1.807) is 12.1 Å². The first-order valence-electron chi connectivity index (χ1n) is 10.6. The van der Waals surface area contributed by atoms with Crippen LogP contribution in [0.3, 0.4) is 0 Å². The largest absolute Gasteiger partial charge is 0.507 e. The van der Waals surface area contributed by atoms with Gasteiger partial charge in [0.2, 0.25) is 0 Å². The number of phenols is 1. The van der Waals surface area contributed by atoms with Crippen molar-refractivity contribution >= 4 is 5.82 Å². The maximum Gasteiger partial charge on any atom is 0.161 e. The summed E-state index contributed by atoms with van der Waals surface area (Å²) < 4.78 is 14.6. The monoisotopic (exact) mass is 422 g/mol. The van der Waals surface area contributed by atoms with Crippen LogP contribution in [0.15, 0.2) is 42.7 Å².